The zero-order valence-corrected chi connectivity index (χ0v) is 11.2. The van der Waals surface area contributed by atoms with Crippen LogP contribution in [-0.4, -0.2) is 0 Å². The van der Waals surface area contributed by atoms with Crippen LogP contribution in [0.4, 0.5) is 0 Å². The van der Waals surface area contributed by atoms with E-state index in [1.54, 1.807) is 0 Å². The highest BCUT2D eigenvalue weighted by Crippen LogP contribution is 2.54. The normalized spacial score (nSPS) is 23.5. The SMILES string of the molecule is CC1(C)C=C2C(=Cc3ccccc32)C(C)(C)C1. The molecule has 0 heteroatoms. The zero-order chi connectivity index (χ0) is 12.3. The fraction of sp³-hybridized carbons (Fsp3) is 0.412. The van der Waals surface area contributed by atoms with E-state index in [0.717, 1.165) is 0 Å². The summed E-state index contributed by atoms with van der Waals surface area (Å²) >= 11 is 0. The standard InChI is InChI=1S/C17H20/c1-16(2)10-14-13-8-6-5-7-12(13)9-15(14)17(3,4)11-16/h5-10H,11H2,1-4H3. The summed E-state index contributed by atoms with van der Waals surface area (Å²) in [6.45, 7) is 9.44. The van der Waals surface area contributed by atoms with Gasteiger partial charge in [-0.1, -0.05) is 58.0 Å². The van der Waals surface area contributed by atoms with Crippen LogP contribution in [0.1, 0.15) is 45.2 Å². The smallest absolute Gasteiger partial charge is 0.00892 e. The Balaban J connectivity index is 2.25. The third-order valence-corrected chi connectivity index (χ3v) is 4.00. The molecular formula is C17H20. The lowest BCUT2D eigenvalue weighted by molar-refractivity contribution is 0.278. The van der Waals surface area contributed by atoms with Crippen molar-refractivity contribution in [3.05, 3.63) is 47.0 Å². The van der Waals surface area contributed by atoms with Crippen LogP contribution >= 0.6 is 0 Å². The lowest BCUT2D eigenvalue weighted by Crippen LogP contribution is -2.28. The van der Waals surface area contributed by atoms with Crippen molar-refractivity contribution in [1.82, 2.24) is 0 Å². The first-order valence-electron chi connectivity index (χ1n) is 6.44. The molecule has 0 unspecified atom stereocenters. The van der Waals surface area contributed by atoms with Crippen LogP contribution in [-0.2, 0) is 0 Å². The van der Waals surface area contributed by atoms with Gasteiger partial charge in [0, 0.05) is 0 Å². The Kier molecular flexibility index (Phi) is 1.99. The Morgan fingerprint density at radius 1 is 1.00 bits per heavy atom. The molecule has 0 nitrogen and oxygen atoms in total. The molecular weight excluding hydrogens is 204 g/mol. The van der Waals surface area contributed by atoms with Gasteiger partial charge in [-0.25, -0.2) is 0 Å². The predicted octanol–water partition coefficient (Wildman–Crippen LogP) is 4.92. The number of rotatable bonds is 0. The van der Waals surface area contributed by atoms with Gasteiger partial charge >= 0.3 is 0 Å². The molecule has 3 rings (SSSR count). The molecule has 0 fully saturated rings. The van der Waals surface area contributed by atoms with E-state index in [1.165, 1.54) is 28.7 Å². The topological polar surface area (TPSA) is 0 Å². The number of hydrogen-bond donors (Lipinski definition) is 0. The third kappa shape index (κ3) is 1.58. The fourth-order valence-corrected chi connectivity index (χ4v) is 3.64. The van der Waals surface area contributed by atoms with Crippen molar-refractivity contribution in [2.45, 2.75) is 34.1 Å². The van der Waals surface area contributed by atoms with Gasteiger partial charge in [0.25, 0.3) is 0 Å². The van der Waals surface area contributed by atoms with Gasteiger partial charge in [0.2, 0.25) is 0 Å². The average molecular weight is 224 g/mol. The summed E-state index contributed by atoms with van der Waals surface area (Å²) in [7, 11) is 0. The maximum Gasteiger partial charge on any atom is -0.00892 e. The molecule has 0 saturated heterocycles. The van der Waals surface area contributed by atoms with Gasteiger partial charge in [-0.3, -0.25) is 0 Å². The molecule has 88 valence electrons. The van der Waals surface area contributed by atoms with Crippen molar-refractivity contribution in [1.29, 1.82) is 0 Å². The largest absolute Gasteiger partial charge is 0.0706 e. The number of allylic oxidation sites excluding steroid dienone is 3. The Hall–Kier alpha value is -1.30. The molecule has 0 N–H and O–H groups in total. The molecule has 0 spiro atoms. The Labute approximate surface area is 104 Å². The van der Waals surface area contributed by atoms with Crippen LogP contribution in [0, 0.1) is 10.8 Å². The summed E-state index contributed by atoms with van der Waals surface area (Å²) in [5, 5.41) is 0. The molecule has 1 aromatic rings. The van der Waals surface area contributed by atoms with Crippen molar-refractivity contribution < 1.29 is 0 Å². The first-order chi connectivity index (χ1) is 7.89. The lowest BCUT2D eigenvalue weighted by atomic mass is 9.64. The molecule has 0 aliphatic heterocycles. The highest BCUT2D eigenvalue weighted by molar-refractivity contribution is 5.96. The van der Waals surface area contributed by atoms with Gasteiger partial charge in [0.05, 0.1) is 0 Å². The maximum absolute atomic E-state index is 2.47. The number of fused-ring (bicyclic) bond motifs is 3. The molecule has 0 amide bonds. The molecule has 2 aliphatic carbocycles. The summed E-state index contributed by atoms with van der Waals surface area (Å²) in [5.41, 5.74) is 6.39. The van der Waals surface area contributed by atoms with Crippen LogP contribution in [0.3, 0.4) is 0 Å². The Morgan fingerprint density at radius 3 is 2.47 bits per heavy atom. The molecule has 0 bridgehead atoms. The van der Waals surface area contributed by atoms with Gasteiger partial charge in [-0.15, -0.1) is 0 Å². The van der Waals surface area contributed by atoms with E-state index in [0.29, 0.717) is 5.41 Å². The summed E-state index contributed by atoms with van der Waals surface area (Å²) in [6.07, 6.45) is 6.08. The molecule has 17 heavy (non-hydrogen) atoms. The molecule has 0 radical (unpaired) electrons. The van der Waals surface area contributed by atoms with Crippen LogP contribution in [0.5, 0.6) is 0 Å². The van der Waals surface area contributed by atoms with Crippen LogP contribution < -0.4 is 0 Å². The Bertz CT molecular complexity index is 539. The van der Waals surface area contributed by atoms with E-state index >= 15 is 0 Å². The van der Waals surface area contributed by atoms with Crippen molar-refractivity contribution in [2.75, 3.05) is 0 Å². The second kappa shape index (κ2) is 3.13. The van der Waals surface area contributed by atoms with E-state index in [9.17, 15) is 0 Å². The predicted molar refractivity (Wildman–Crippen MR) is 74.6 cm³/mol. The molecule has 0 saturated carbocycles. The zero-order valence-electron chi connectivity index (χ0n) is 11.2. The van der Waals surface area contributed by atoms with E-state index < -0.39 is 0 Å². The average Bonchev–Trinajstić information content (AvgIpc) is 2.55. The lowest BCUT2D eigenvalue weighted by Gasteiger charge is -2.40. The fourth-order valence-electron chi connectivity index (χ4n) is 3.64. The highest BCUT2D eigenvalue weighted by Gasteiger charge is 2.39. The van der Waals surface area contributed by atoms with Gasteiger partial charge in [-0.2, -0.15) is 0 Å². The van der Waals surface area contributed by atoms with Crippen molar-refractivity contribution in [2.24, 2.45) is 10.8 Å². The van der Waals surface area contributed by atoms with E-state index in [4.69, 9.17) is 0 Å². The summed E-state index contributed by atoms with van der Waals surface area (Å²) < 4.78 is 0. The highest BCUT2D eigenvalue weighted by atomic mass is 14.4. The van der Waals surface area contributed by atoms with Gasteiger partial charge in [0.15, 0.2) is 0 Å². The van der Waals surface area contributed by atoms with Crippen LogP contribution in [0.25, 0.3) is 11.6 Å². The summed E-state index contributed by atoms with van der Waals surface area (Å²) in [4.78, 5) is 0. The van der Waals surface area contributed by atoms with Gasteiger partial charge < -0.3 is 0 Å². The van der Waals surface area contributed by atoms with Crippen LogP contribution in [0.2, 0.25) is 0 Å². The first kappa shape index (κ1) is 10.8. The first-order valence-corrected chi connectivity index (χ1v) is 6.44. The molecule has 0 heterocycles. The van der Waals surface area contributed by atoms with Crippen molar-refractivity contribution in [3.8, 4) is 0 Å². The summed E-state index contributed by atoms with van der Waals surface area (Å²) in [6, 6.07) is 8.75. The molecule has 0 atom stereocenters. The number of hydrogen-bond acceptors (Lipinski definition) is 0. The third-order valence-electron chi connectivity index (χ3n) is 4.00. The molecule has 1 aromatic carbocycles. The number of benzene rings is 1. The molecule has 2 aliphatic rings. The van der Waals surface area contributed by atoms with E-state index in [-0.39, 0.29) is 5.41 Å². The minimum Gasteiger partial charge on any atom is -0.0706 e. The monoisotopic (exact) mass is 224 g/mol. The summed E-state index contributed by atoms with van der Waals surface area (Å²) in [5.74, 6) is 0. The Morgan fingerprint density at radius 2 is 1.71 bits per heavy atom. The van der Waals surface area contributed by atoms with Gasteiger partial charge in [0.1, 0.15) is 0 Å². The minimum atomic E-state index is 0.284. The molecule has 0 aromatic heterocycles. The maximum atomic E-state index is 2.47. The van der Waals surface area contributed by atoms with Crippen LogP contribution in [0.15, 0.2) is 35.9 Å². The van der Waals surface area contributed by atoms with E-state index in [2.05, 4.69) is 64.1 Å². The quantitative estimate of drug-likeness (QED) is 0.586. The minimum absolute atomic E-state index is 0.284. The van der Waals surface area contributed by atoms with Gasteiger partial charge in [-0.05, 0) is 45.6 Å². The van der Waals surface area contributed by atoms with E-state index in [1.807, 2.05) is 0 Å². The second-order valence-electron chi connectivity index (χ2n) is 6.75. The van der Waals surface area contributed by atoms with Crippen molar-refractivity contribution in [3.63, 3.8) is 0 Å². The van der Waals surface area contributed by atoms with Crippen molar-refractivity contribution >= 4 is 11.6 Å². The second-order valence-corrected chi connectivity index (χ2v) is 6.75.